The molecule has 0 heterocycles. The average Bonchev–Trinajstić information content (AvgIpc) is 3.04. The number of esters is 1. The molecule has 1 aliphatic carbocycles. The quantitative estimate of drug-likeness (QED) is 0.166. The van der Waals surface area contributed by atoms with E-state index >= 15 is 0 Å². The highest BCUT2D eigenvalue weighted by atomic mass is 16.7. The van der Waals surface area contributed by atoms with Crippen LogP contribution in [0.15, 0.2) is 30.4 Å². The van der Waals surface area contributed by atoms with E-state index in [2.05, 4.69) is 16.1 Å². The van der Waals surface area contributed by atoms with E-state index in [0.29, 0.717) is 18.4 Å². The van der Waals surface area contributed by atoms with E-state index in [1.807, 2.05) is 6.07 Å². The highest BCUT2D eigenvalue weighted by Gasteiger charge is 2.22. The molecule has 0 saturated heterocycles. The first-order valence-electron chi connectivity index (χ1n) is 7.97. The average molecular weight is 374 g/mol. The van der Waals surface area contributed by atoms with Crippen molar-refractivity contribution in [3.8, 4) is 18.1 Å². The Bertz CT molecular complexity index is 797. The number of hydroxylamine groups is 2. The van der Waals surface area contributed by atoms with Crippen LogP contribution in [0.5, 0.6) is 5.75 Å². The molecule has 9 nitrogen and oxygen atoms in total. The van der Waals surface area contributed by atoms with E-state index < -0.39 is 24.8 Å². The number of nitrogens with one attached hydrogen (secondary N) is 1. The third-order valence-corrected chi connectivity index (χ3v) is 3.76. The lowest BCUT2D eigenvalue weighted by molar-refractivity contribution is -0.186. The molecule has 0 saturated carbocycles. The van der Waals surface area contributed by atoms with E-state index in [1.165, 1.54) is 0 Å². The van der Waals surface area contributed by atoms with Gasteiger partial charge in [-0.3, -0.25) is 5.32 Å². The van der Waals surface area contributed by atoms with Crippen LogP contribution in [0.25, 0.3) is 0 Å². The largest absolute Gasteiger partial charge is 0.463 e. The van der Waals surface area contributed by atoms with Gasteiger partial charge in [0.2, 0.25) is 0 Å². The Kier molecular flexibility index (Phi) is 6.93. The molecule has 1 atom stereocenters. The van der Waals surface area contributed by atoms with Crippen LogP contribution in [0.3, 0.4) is 0 Å². The molecule has 1 unspecified atom stereocenters. The molecule has 27 heavy (non-hydrogen) atoms. The number of nitrogens with zero attached hydrogens (tertiary/aromatic N) is 1. The monoisotopic (exact) mass is 374 g/mol. The minimum atomic E-state index is -1.66. The van der Waals surface area contributed by atoms with Gasteiger partial charge < -0.3 is 19.8 Å². The Hall–Kier alpha value is -3.35. The second-order valence-electron chi connectivity index (χ2n) is 5.50. The summed E-state index contributed by atoms with van der Waals surface area (Å²) in [5.74, 6) is 0.818. The van der Waals surface area contributed by atoms with E-state index in [9.17, 15) is 14.4 Å². The molecular formula is C18H18N2O7. The number of amides is 1. The molecule has 3 N–H and O–H groups in total. The van der Waals surface area contributed by atoms with Crippen molar-refractivity contribution in [1.29, 1.82) is 0 Å². The number of aliphatic hydroxyl groups is 1. The van der Waals surface area contributed by atoms with Crippen molar-refractivity contribution in [3.05, 3.63) is 41.5 Å². The van der Waals surface area contributed by atoms with Crippen LogP contribution < -0.4 is 10.1 Å². The van der Waals surface area contributed by atoms with Crippen molar-refractivity contribution in [1.82, 2.24) is 10.4 Å². The summed E-state index contributed by atoms with van der Waals surface area (Å²) in [5, 5.41) is 20.5. The first kappa shape index (κ1) is 20.0. The normalized spacial score (nSPS) is 15.0. The fourth-order valence-electron chi connectivity index (χ4n) is 2.59. The van der Waals surface area contributed by atoms with Crippen LogP contribution in [-0.2, 0) is 20.8 Å². The van der Waals surface area contributed by atoms with Crippen molar-refractivity contribution in [2.24, 2.45) is 0 Å². The maximum absolute atomic E-state index is 11.8. The molecule has 1 aliphatic rings. The first-order valence-corrected chi connectivity index (χ1v) is 7.97. The number of aryl methyl sites for hydroxylation is 1. The summed E-state index contributed by atoms with van der Waals surface area (Å²) in [6.45, 7) is -0.608. The third kappa shape index (κ3) is 5.57. The predicted molar refractivity (Wildman–Crippen MR) is 92.2 cm³/mol. The van der Waals surface area contributed by atoms with Gasteiger partial charge >= 0.3 is 18.0 Å². The fourth-order valence-corrected chi connectivity index (χ4v) is 2.59. The van der Waals surface area contributed by atoms with Gasteiger partial charge in [-0.25, -0.2) is 14.4 Å². The topological polar surface area (TPSA) is 125 Å². The summed E-state index contributed by atoms with van der Waals surface area (Å²) in [6, 6.07) is 5.32. The van der Waals surface area contributed by atoms with Gasteiger partial charge in [-0.15, -0.1) is 11.5 Å². The molecule has 0 aliphatic heterocycles. The van der Waals surface area contributed by atoms with Crippen LogP contribution in [0.2, 0.25) is 0 Å². The third-order valence-electron chi connectivity index (χ3n) is 3.76. The molecule has 1 aromatic rings. The van der Waals surface area contributed by atoms with Gasteiger partial charge in [-0.1, -0.05) is 12.0 Å². The molecule has 0 bridgehead atoms. The Morgan fingerprint density at radius 3 is 2.74 bits per heavy atom. The van der Waals surface area contributed by atoms with Crippen LogP contribution in [0.4, 0.5) is 4.79 Å². The van der Waals surface area contributed by atoms with Crippen molar-refractivity contribution >= 4 is 18.0 Å². The number of benzene rings is 1. The van der Waals surface area contributed by atoms with Gasteiger partial charge in [0, 0.05) is 18.2 Å². The zero-order chi connectivity index (χ0) is 19.8. The SMILES string of the molecule is C#CCNC1CCc2ccc(OC(=O)/C=C/C(=O)ON(CO)C(=O)O)cc21. The molecule has 0 radical (unpaired) electrons. The summed E-state index contributed by atoms with van der Waals surface area (Å²) < 4.78 is 5.14. The Labute approximate surface area is 155 Å². The molecule has 1 amide bonds. The standard InChI is InChI=1S/C18H18N2O7/c1-2-9-19-15-6-4-12-3-5-13(10-14(12)15)26-16(22)7-8-17(23)27-20(11-21)18(24)25/h1,3,5,7-8,10,15,19,21H,4,6,9,11H2,(H,24,25)/b8-7+. The predicted octanol–water partition coefficient (Wildman–Crippen LogP) is 0.746. The summed E-state index contributed by atoms with van der Waals surface area (Å²) in [6.07, 6.45) is 6.87. The highest BCUT2D eigenvalue weighted by molar-refractivity contribution is 5.92. The Balaban J connectivity index is 1.95. The minimum Gasteiger partial charge on any atom is -0.463 e. The smallest absolute Gasteiger partial charge is 0.443 e. The van der Waals surface area contributed by atoms with E-state index in [4.69, 9.17) is 21.4 Å². The van der Waals surface area contributed by atoms with Crippen molar-refractivity contribution < 1.29 is 34.2 Å². The van der Waals surface area contributed by atoms with Gasteiger partial charge in [0.15, 0.2) is 6.73 Å². The summed E-state index contributed by atoms with van der Waals surface area (Å²) >= 11 is 0. The van der Waals surface area contributed by atoms with Gasteiger partial charge in [0.05, 0.1) is 6.54 Å². The highest BCUT2D eigenvalue weighted by Crippen LogP contribution is 2.33. The second kappa shape index (κ2) is 9.38. The van der Waals surface area contributed by atoms with Gasteiger partial charge in [-0.2, -0.15) is 0 Å². The van der Waals surface area contributed by atoms with E-state index in [1.54, 1.807) is 12.1 Å². The van der Waals surface area contributed by atoms with Gasteiger partial charge in [-0.05, 0) is 36.1 Å². The van der Waals surface area contributed by atoms with Gasteiger partial charge in [0.25, 0.3) is 0 Å². The minimum absolute atomic E-state index is 0.00183. The van der Waals surface area contributed by atoms with Crippen molar-refractivity contribution in [2.75, 3.05) is 13.3 Å². The Morgan fingerprint density at radius 1 is 1.33 bits per heavy atom. The van der Waals surface area contributed by atoms with Crippen LogP contribution in [0.1, 0.15) is 23.6 Å². The number of hydrogen-bond acceptors (Lipinski definition) is 7. The number of fused-ring (bicyclic) bond motifs is 1. The summed E-state index contributed by atoms with van der Waals surface area (Å²) in [4.78, 5) is 38.1. The molecule has 0 spiro atoms. The molecule has 142 valence electrons. The van der Waals surface area contributed by atoms with Crippen molar-refractivity contribution in [2.45, 2.75) is 18.9 Å². The maximum Gasteiger partial charge on any atom is 0.443 e. The zero-order valence-corrected chi connectivity index (χ0v) is 14.3. The molecule has 2 rings (SSSR count). The summed E-state index contributed by atoms with van der Waals surface area (Å²) in [5.41, 5.74) is 2.14. The first-order chi connectivity index (χ1) is 12.9. The lowest BCUT2D eigenvalue weighted by Gasteiger charge is -2.13. The summed E-state index contributed by atoms with van der Waals surface area (Å²) in [7, 11) is 0. The molecule has 1 aromatic carbocycles. The number of hydrogen-bond donors (Lipinski definition) is 3. The van der Waals surface area contributed by atoms with Crippen molar-refractivity contribution in [3.63, 3.8) is 0 Å². The number of ether oxygens (including phenoxy) is 1. The molecule has 9 heteroatoms. The van der Waals surface area contributed by atoms with Crippen LogP contribution >= 0.6 is 0 Å². The van der Waals surface area contributed by atoms with E-state index in [0.717, 1.165) is 30.0 Å². The molecular weight excluding hydrogens is 356 g/mol. The number of carbonyl (C=O) groups excluding carboxylic acids is 2. The zero-order valence-electron chi connectivity index (χ0n) is 14.3. The number of carbonyl (C=O) groups is 3. The Morgan fingerprint density at radius 2 is 2.07 bits per heavy atom. The molecule has 0 aromatic heterocycles. The maximum atomic E-state index is 11.8. The van der Waals surface area contributed by atoms with Crippen LogP contribution in [-0.4, -0.2) is 46.6 Å². The number of aliphatic hydroxyl groups excluding tert-OH is 1. The number of terminal acetylenes is 1. The fraction of sp³-hybridized carbons (Fsp3) is 0.278. The lowest BCUT2D eigenvalue weighted by atomic mass is 10.1. The van der Waals surface area contributed by atoms with Crippen LogP contribution in [0, 0.1) is 12.3 Å². The lowest BCUT2D eigenvalue weighted by Crippen LogP contribution is -2.32. The second-order valence-corrected chi connectivity index (χ2v) is 5.50. The number of carboxylic acid groups (broad SMARTS) is 1. The van der Waals surface area contributed by atoms with E-state index in [-0.39, 0.29) is 11.1 Å². The van der Waals surface area contributed by atoms with Gasteiger partial charge in [0.1, 0.15) is 5.75 Å². The number of rotatable bonds is 6. The molecule has 0 fully saturated rings.